The first-order chi connectivity index (χ1) is 14.1. The minimum Gasteiger partial charge on any atom is -0.279 e. The van der Waals surface area contributed by atoms with Crippen LogP contribution in [-0.2, 0) is 6.54 Å². The van der Waals surface area contributed by atoms with Crippen LogP contribution < -0.4 is 4.90 Å². The Morgan fingerprint density at radius 1 is 1.03 bits per heavy atom. The zero-order valence-corrected chi connectivity index (χ0v) is 17.9. The topological polar surface area (TPSA) is 46.1 Å². The van der Waals surface area contributed by atoms with E-state index in [2.05, 4.69) is 18.8 Å². The highest BCUT2D eigenvalue weighted by Gasteiger charge is 2.22. The van der Waals surface area contributed by atoms with E-state index in [1.165, 1.54) is 11.3 Å². The smallest absolute Gasteiger partial charge is 0.260 e. The summed E-state index contributed by atoms with van der Waals surface area (Å²) in [4.78, 5) is 25.1. The average Bonchev–Trinajstić information content (AvgIpc) is 3.16. The number of para-hydroxylation sites is 1. The molecule has 0 saturated carbocycles. The molecule has 4 aromatic rings. The number of hydrogen-bond acceptors (Lipinski definition) is 5. The molecular formula is C23H21N3OS2. The van der Waals surface area contributed by atoms with Gasteiger partial charge >= 0.3 is 0 Å². The number of carbonyl (C=O) groups excluding carboxylic acids is 1. The van der Waals surface area contributed by atoms with Gasteiger partial charge in [0.2, 0.25) is 0 Å². The van der Waals surface area contributed by atoms with Crippen LogP contribution >= 0.6 is 23.1 Å². The fraction of sp³-hybridized carbons (Fsp3) is 0.174. The van der Waals surface area contributed by atoms with E-state index in [0.717, 1.165) is 20.7 Å². The first-order valence-corrected chi connectivity index (χ1v) is 11.1. The number of aromatic nitrogens is 2. The third kappa shape index (κ3) is 4.66. The summed E-state index contributed by atoms with van der Waals surface area (Å²) in [6.07, 6.45) is 3.49. The Bertz CT molecular complexity index is 1070. The van der Waals surface area contributed by atoms with Crippen molar-refractivity contribution in [3.63, 3.8) is 0 Å². The number of anilines is 1. The predicted octanol–water partition coefficient (Wildman–Crippen LogP) is 6.04. The average molecular weight is 420 g/mol. The van der Waals surface area contributed by atoms with E-state index >= 15 is 0 Å². The fourth-order valence-corrected chi connectivity index (χ4v) is 4.78. The second kappa shape index (κ2) is 8.76. The summed E-state index contributed by atoms with van der Waals surface area (Å²) in [5.74, 6) is -0.0537. The van der Waals surface area contributed by atoms with E-state index in [1.807, 2.05) is 60.7 Å². The summed E-state index contributed by atoms with van der Waals surface area (Å²) in [7, 11) is 0. The first-order valence-electron chi connectivity index (χ1n) is 9.43. The molecule has 4 nitrogen and oxygen atoms in total. The van der Waals surface area contributed by atoms with Crippen LogP contribution in [0.15, 0.2) is 78.0 Å². The number of rotatable bonds is 6. The van der Waals surface area contributed by atoms with Gasteiger partial charge in [0.1, 0.15) is 0 Å². The lowest BCUT2D eigenvalue weighted by Crippen LogP contribution is -2.30. The van der Waals surface area contributed by atoms with Gasteiger partial charge in [0.05, 0.1) is 16.8 Å². The van der Waals surface area contributed by atoms with E-state index in [0.29, 0.717) is 22.5 Å². The maximum absolute atomic E-state index is 13.4. The molecule has 29 heavy (non-hydrogen) atoms. The monoisotopic (exact) mass is 419 g/mol. The second-order valence-electron chi connectivity index (χ2n) is 6.90. The largest absolute Gasteiger partial charge is 0.279 e. The fourth-order valence-electron chi connectivity index (χ4n) is 2.98. The zero-order chi connectivity index (χ0) is 20.2. The Balaban J connectivity index is 1.68. The zero-order valence-electron chi connectivity index (χ0n) is 16.3. The Kier molecular flexibility index (Phi) is 5.92. The van der Waals surface area contributed by atoms with Crippen molar-refractivity contribution in [1.29, 1.82) is 0 Å². The van der Waals surface area contributed by atoms with Crippen molar-refractivity contribution in [2.45, 2.75) is 30.5 Å². The van der Waals surface area contributed by atoms with Crippen LogP contribution in [0.1, 0.15) is 29.8 Å². The number of pyridine rings is 1. The van der Waals surface area contributed by atoms with Crippen molar-refractivity contribution in [3.8, 4) is 0 Å². The molecule has 0 fully saturated rings. The number of thioether (sulfide) groups is 1. The summed E-state index contributed by atoms with van der Waals surface area (Å²) in [6, 6.07) is 19.6. The third-order valence-corrected chi connectivity index (χ3v) is 6.40. The van der Waals surface area contributed by atoms with Crippen molar-refractivity contribution in [2.24, 2.45) is 0 Å². The first kappa shape index (κ1) is 19.6. The number of nitrogens with zero attached hydrogens (tertiary/aromatic N) is 3. The van der Waals surface area contributed by atoms with Crippen LogP contribution in [0.5, 0.6) is 0 Å². The third-order valence-electron chi connectivity index (χ3n) is 4.32. The van der Waals surface area contributed by atoms with Crippen LogP contribution in [0.3, 0.4) is 0 Å². The molecule has 4 rings (SSSR count). The molecule has 1 amide bonds. The van der Waals surface area contributed by atoms with Crippen molar-refractivity contribution >= 4 is 44.4 Å². The summed E-state index contributed by atoms with van der Waals surface area (Å²) < 4.78 is 1.07. The lowest BCUT2D eigenvalue weighted by atomic mass is 10.2. The summed E-state index contributed by atoms with van der Waals surface area (Å²) in [6.45, 7) is 4.77. The van der Waals surface area contributed by atoms with Gasteiger partial charge in [-0.05, 0) is 54.1 Å². The van der Waals surface area contributed by atoms with Gasteiger partial charge in [-0.3, -0.25) is 14.7 Å². The number of amides is 1. The summed E-state index contributed by atoms with van der Waals surface area (Å²) in [5, 5.41) is 1.20. The molecule has 2 heterocycles. The van der Waals surface area contributed by atoms with Crippen molar-refractivity contribution < 1.29 is 4.79 Å². The minimum absolute atomic E-state index is 0.0537. The van der Waals surface area contributed by atoms with Crippen molar-refractivity contribution in [2.75, 3.05) is 4.90 Å². The molecule has 0 bridgehead atoms. The van der Waals surface area contributed by atoms with E-state index in [-0.39, 0.29) is 5.91 Å². The summed E-state index contributed by atoms with van der Waals surface area (Å²) >= 11 is 3.32. The molecule has 2 aromatic carbocycles. The van der Waals surface area contributed by atoms with E-state index in [4.69, 9.17) is 4.98 Å². The van der Waals surface area contributed by atoms with Crippen molar-refractivity contribution in [3.05, 3.63) is 84.2 Å². The van der Waals surface area contributed by atoms with Gasteiger partial charge in [-0.2, -0.15) is 0 Å². The van der Waals surface area contributed by atoms with Crippen molar-refractivity contribution in [1.82, 2.24) is 9.97 Å². The normalized spacial score (nSPS) is 11.1. The van der Waals surface area contributed by atoms with E-state index < -0.39 is 0 Å². The van der Waals surface area contributed by atoms with Crippen LogP contribution in [0.25, 0.3) is 10.2 Å². The van der Waals surface area contributed by atoms with Gasteiger partial charge in [-0.1, -0.05) is 37.3 Å². The number of thiazole rings is 1. The maximum Gasteiger partial charge on any atom is 0.260 e. The quantitative estimate of drug-likeness (QED) is 0.358. The van der Waals surface area contributed by atoms with Gasteiger partial charge in [0.25, 0.3) is 5.91 Å². The van der Waals surface area contributed by atoms with Crippen LogP contribution in [-0.4, -0.2) is 21.1 Å². The Morgan fingerprint density at radius 3 is 2.45 bits per heavy atom. The lowest BCUT2D eigenvalue weighted by Gasteiger charge is -2.20. The molecule has 0 saturated heterocycles. The molecule has 0 spiro atoms. The molecule has 6 heteroatoms. The van der Waals surface area contributed by atoms with Crippen LogP contribution in [0.2, 0.25) is 0 Å². The van der Waals surface area contributed by atoms with Gasteiger partial charge in [-0.25, -0.2) is 4.98 Å². The molecule has 0 unspecified atom stereocenters. The second-order valence-corrected chi connectivity index (χ2v) is 9.56. The number of hydrogen-bond donors (Lipinski definition) is 0. The SMILES string of the molecule is CC(C)Sc1ccc(C(=O)N(Cc2ccncc2)c2nc3ccccc3s2)cc1. The Hall–Kier alpha value is -2.70. The van der Waals surface area contributed by atoms with Gasteiger partial charge in [-0.15, -0.1) is 11.8 Å². The highest BCUT2D eigenvalue weighted by molar-refractivity contribution is 7.99. The highest BCUT2D eigenvalue weighted by Crippen LogP contribution is 2.31. The number of benzene rings is 2. The molecule has 0 aliphatic heterocycles. The molecule has 0 atom stereocenters. The predicted molar refractivity (Wildman–Crippen MR) is 122 cm³/mol. The standard InChI is InChI=1S/C23H21N3OS2/c1-16(2)28-19-9-7-18(8-10-19)22(27)26(15-17-11-13-24-14-12-17)23-25-20-5-3-4-6-21(20)29-23/h3-14,16H,15H2,1-2H3. The lowest BCUT2D eigenvalue weighted by molar-refractivity contribution is 0.0985. The minimum atomic E-state index is -0.0537. The molecule has 2 aromatic heterocycles. The Labute approximate surface area is 178 Å². The van der Waals surface area contributed by atoms with Crippen LogP contribution in [0.4, 0.5) is 5.13 Å². The van der Waals surface area contributed by atoms with Gasteiger partial charge in [0, 0.05) is 28.1 Å². The maximum atomic E-state index is 13.4. The Morgan fingerprint density at radius 2 is 1.76 bits per heavy atom. The van der Waals surface area contributed by atoms with Crippen LogP contribution in [0, 0.1) is 0 Å². The number of fused-ring (bicyclic) bond motifs is 1. The number of carbonyl (C=O) groups is 1. The molecule has 0 radical (unpaired) electrons. The highest BCUT2D eigenvalue weighted by atomic mass is 32.2. The molecule has 0 aliphatic rings. The molecule has 0 aliphatic carbocycles. The molecule has 146 valence electrons. The van der Waals surface area contributed by atoms with E-state index in [9.17, 15) is 4.79 Å². The van der Waals surface area contributed by atoms with E-state index in [1.54, 1.807) is 29.1 Å². The van der Waals surface area contributed by atoms with Gasteiger partial charge in [0.15, 0.2) is 5.13 Å². The molecule has 0 N–H and O–H groups in total. The van der Waals surface area contributed by atoms with Gasteiger partial charge < -0.3 is 0 Å². The summed E-state index contributed by atoms with van der Waals surface area (Å²) in [5.41, 5.74) is 2.58. The molecular weight excluding hydrogens is 398 g/mol.